The van der Waals surface area contributed by atoms with Crippen molar-refractivity contribution in [1.82, 2.24) is 9.88 Å². The highest BCUT2D eigenvalue weighted by molar-refractivity contribution is 6.29. The Balaban J connectivity index is 1.53. The van der Waals surface area contributed by atoms with E-state index in [2.05, 4.69) is 9.88 Å². The van der Waals surface area contributed by atoms with Gasteiger partial charge in [0, 0.05) is 32.2 Å². The van der Waals surface area contributed by atoms with E-state index >= 15 is 0 Å². The van der Waals surface area contributed by atoms with E-state index in [4.69, 9.17) is 22.1 Å². The Kier molecular flexibility index (Phi) is 5.05. The number of halogens is 1. The highest BCUT2D eigenvalue weighted by Gasteiger charge is 2.23. The maximum Gasteiger partial charge on any atom is 0.410 e. The van der Waals surface area contributed by atoms with Crippen molar-refractivity contribution in [2.45, 2.75) is 6.61 Å². The molecule has 0 atom stereocenters. The largest absolute Gasteiger partial charge is 0.445 e. The van der Waals surface area contributed by atoms with Crippen molar-refractivity contribution < 1.29 is 9.53 Å². The minimum absolute atomic E-state index is 0.285. The summed E-state index contributed by atoms with van der Waals surface area (Å²) in [5.74, 6) is 0. The molecule has 7 heteroatoms. The van der Waals surface area contributed by atoms with Crippen LogP contribution in [0.15, 0.2) is 42.6 Å². The Morgan fingerprint density at radius 2 is 1.92 bits per heavy atom. The second kappa shape index (κ2) is 7.40. The van der Waals surface area contributed by atoms with Gasteiger partial charge in [0.2, 0.25) is 0 Å². The number of carbonyl (C=O) groups excluding carboxylic acids is 1. The molecule has 0 bridgehead atoms. The summed E-state index contributed by atoms with van der Waals surface area (Å²) in [7, 11) is 0. The molecule has 1 aromatic carbocycles. The molecule has 0 aliphatic carbocycles. The van der Waals surface area contributed by atoms with Crippen LogP contribution in [-0.2, 0) is 11.3 Å². The summed E-state index contributed by atoms with van der Waals surface area (Å²) in [5, 5.41) is 0.406. The summed E-state index contributed by atoms with van der Waals surface area (Å²) in [6.07, 6.45) is 1.26. The molecule has 1 aliphatic heterocycles. The van der Waals surface area contributed by atoms with Gasteiger partial charge in [-0.2, -0.15) is 0 Å². The molecule has 24 heavy (non-hydrogen) atoms. The molecule has 126 valence electrons. The fourth-order valence-corrected chi connectivity index (χ4v) is 2.80. The van der Waals surface area contributed by atoms with Crippen molar-refractivity contribution in [1.29, 1.82) is 0 Å². The number of hydrogen-bond donors (Lipinski definition) is 1. The van der Waals surface area contributed by atoms with Crippen molar-refractivity contribution in [2.24, 2.45) is 0 Å². The molecule has 1 aliphatic rings. The van der Waals surface area contributed by atoms with E-state index in [1.165, 1.54) is 0 Å². The summed E-state index contributed by atoms with van der Waals surface area (Å²) in [6.45, 7) is 2.78. The van der Waals surface area contributed by atoms with Crippen molar-refractivity contribution in [3.05, 3.63) is 53.3 Å². The Morgan fingerprint density at radius 3 is 2.62 bits per heavy atom. The van der Waals surface area contributed by atoms with Crippen molar-refractivity contribution in [3.8, 4) is 0 Å². The van der Waals surface area contributed by atoms with Crippen LogP contribution in [0.5, 0.6) is 0 Å². The highest BCUT2D eigenvalue weighted by atomic mass is 35.5. The van der Waals surface area contributed by atoms with E-state index in [-0.39, 0.29) is 12.7 Å². The fourth-order valence-electron chi connectivity index (χ4n) is 2.65. The molecule has 0 saturated carbocycles. The van der Waals surface area contributed by atoms with Gasteiger partial charge in [-0.15, -0.1) is 0 Å². The Labute approximate surface area is 145 Å². The van der Waals surface area contributed by atoms with Gasteiger partial charge in [0.05, 0.1) is 17.6 Å². The molecule has 1 fully saturated rings. The molecule has 6 nitrogen and oxygen atoms in total. The van der Waals surface area contributed by atoms with Crippen molar-refractivity contribution in [2.75, 3.05) is 36.8 Å². The van der Waals surface area contributed by atoms with E-state index in [9.17, 15) is 4.79 Å². The number of anilines is 2. The lowest BCUT2D eigenvalue weighted by Gasteiger charge is -2.35. The summed E-state index contributed by atoms with van der Waals surface area (Å²) in [6, 6.07) is 11.4. The lowest BCUT2D eigenvalue weighted by Crippen LogP contribution is -2.49. The van der Waals surface area contributed by atoms with E-state index in [0.717, 1.165) is 11.3 Å². The maximum atomic E-state index is 12.2. The molecule has 2 N–H and O–H groups in total. The van der Waals surface area contributed by atoms with Crippen LogP contribution in [0.3, 0.4) is 0 Å². The molecule has 0 spiro atoms. The minimum Gasteiger partial charge on any atom is -0.445 e. The highest BCUT2D eigenvalue weighted by Crippen LogP contribution is 2.26. The third-order valence-electron chi connectivity index (χ3n) is 3.96. The number of rotatable bonds is 3. The van der Waals surface area contributed by atoms with Crippen molar-refractivity contribution in [3.63, 3.8) is 0 Å². The topological polar surface area (TPSA) is 71.7 Å². The van der Waals surface area contributed by atoms with Crippen LogP contribution >= 0.6 is 11.6 Å². The first kappa shape index (κ1) is 16.4. The zero-order valence-electron chi connectivity index (χ0n) is 13.2. The first-order valence-electron chi connectivity index (χ1n) is 7.75. The number of aromatic nitrogens is 1. The van der Waals surface area contributed by atoms with Gasteiger partial charge in [0.15, 0.2) is 0 Å². The number of pyridine rings is 1. The van der Waals surface area contributed by atoms with E-state index < -0.39 is 0 Å². The normalized spacial score (nSPS) is 14.5. The van der Waals surface area contributed by atoms with Crippen molar-refractivity contribution >= 4 is 29.1 Å². The number of benzene rings is 1. The van der Waals surface area contributed by atoms with Gasteiger partial charge in [-0.25, -0.2) is 9.78 Å². The van der Waals surface area contributed by atoms with Crippen LogP contribution in [0.1, 0.15) is 5.56 Å². The van der Waals surface area contributed by atoms with Gasteiger partial charge in [-0.3, -0.25) is 0 Å². The first-order valence-corrected chi connectivity index (χ1v) is 8.13. The summed E-state index contributed by atoms with van der Waals surface area (Å²) >= 11 is 5.94. The average Bonchev–Trinajstić information content (AvgIpc) is 2.63. The van der Waals surface area contributed by atoms with Gasteiger partial charge in [-0.05, 0) is 5.56 Å². The second-order valence-electron chi connectivity index (χ2n) is 5.58. The Morgan fingerprint density at radius 1 is 1.21 bits per heavy atom. The molecule has 3 rings (SSSR count). The van der Waals surface area contributed by atoms with E-state index in [1.54, 1.807) is 17.2 Å². The van der Waals surface area contributed by atoms with Gasteiger partial charge in [-0.1, -0.05) is 41.9 Å². The van der Waals surface area contributed by atoms with Crippen LogP contribution in [-0.4, -0.2) is 42.2 Å². The van der Waals surface area contributed by atoms with Gasteiger partial charge in [0.25, 0.3) is 0 Å². The number of ether oxygens (including phenoxy) is 1. The molecule has 0 radical (unpaired) electrons. The Bertz CT molecular complexity index is 703. The molecule has 0 unspecified atom stereocenters. The van der Waals surface area contributed by atoms with E-state index in [1.807, 2.05) is 30.3 Å². The Hall–Kier alpha value is -2.47. The zero-order valence-corrected chi connectivity index (χ0v) is 13.9. The third kappa shape index (κ3) is 3.89. The predicted molar refractivity (Wildman–Crippen MR) is 94.1 cm³/mol. The second-order valence-corrected chi connectivity index (χ2v) is 5.97. The van der Waals surface area contributed by atoms with Crippen LogP contribution in [0.4, 0.5) is 16.2 Å². The number of piperazine rings is 1. The van der Waals surface area contributed by atoms with Crippen LogP contribution < -0.4 is 10.6 Å². The predicted octanol–water partition coefficient (Wildman–Crippen LogP) is 2.78. The molecule has 1 aromatic heterocycles. The third-order valence-corrected chi connectivity index (χ3v) is 4.17. The molecule has 2 heterocycles. The van der Waals surface area contributed by atoms with Crippen LogP contribution in [0, 0.1) is 0 Å². The fraction of sp³-hybridized carbons (Fsp3) is 0.294. The summed E-state index contributed by atoms with van der Waals surface area (Å²) in [4.78, 5) is 19.9. The van der Waals surface area contributed by atoms with Gasteiger partial charge >= 0.3 is 6.09 Å². The number of hydrogen-bond acceptors (Lipinski definition) is 5. The maximum absolute atomic E-state index is 12.2. The first-order chi connectivity index (χ1) is 11.6. The lowest BCUT2D eigenvalue weighted by molar-refractivity contribution is 0.0942. The quantitative estimate of drug-likeness (QED) is 0.865. The van der Waals surface area contributed by atoms with Crippen LogP contribution in [0.2, 0.25) is 5.15 Å². The van der Waals surface area contributed by atoms with Crippen LogP contribution in [0.25, 0.3) is 0 Å². The number of nitrogens with zero attached hydrogens (tertiary/aromatic N) is 3. The number of amides is 1. The molecular formula is C17H19ClN4O2. The average molecular weight is 347 g/mol. The molecule has 1 amide bonds. The smallest absolute Gasteiger partial charge is 0.410 e. The molecule has 1 saturated heterocycles. The monoisotopic (exact) mass is 346 g/mol. The SMILES string of the molecule is Nc1cnc(Cl)cc1N1CCN(C(=O)OCc2ccccc2)CC1. The number of nitrogens with two attached hydrogens (primary N) is 1. The number of nitrogen functional groups attached to an aromatic ring is 1. The zero-order chi connectivity index (χ0) is 16.9. The summed E-state index contributed by atoms with van der Waals surface area (Å²) < 4.78 is 5.36. The van der Waals surface area contributed by atoms with E-state index in [0.29, 0.717) is 37.0 Å². The molecular weight excluding hydrogens is 328 g/mol. The number of carbonyl (C=O) groups is 1. The molecule has 2 aromatic rings. The minimum atomic E-state index is -0.292. The summed E-state index contributed by atoms with van der Waals surface area (Å²) in [5.41, 5.74) is 8.37. The van der Waals surface area contributed by atoms with Gasteiger partial charge in [0.1, 0.15) is 11.8 Å². The lowest BCUT2D eigenvalue weighted by atomic mass is 10.2. The standard InChI is InChI=1S/C17H19ClN4O2/c18-16-10-15(14(19)11-20-16)21-6-8-22(9-7-21)17(23)24-12-13-4-2-1-3-5-13/h1-5,10-11H,6-9,12,19H2. The van der Waals surface area contributed by atoms with Gasteiger partial charge < -0.3 is 20.3 Å².